The third-order valence-electron chi connectivity index (χ3n) is 11.7. The van der Waals surface area contributed by atoms with Crippen molar-refractivity contribution < 1.29 is 0 Å². The first kappa shape index (κ1) is 29.6. The van der Waals surface area contributed by atoms with Crippen molar-refractivity contribution in [2.75, 3.05) is 0 Å². The molecule has 248 valence electrons. The molecule has 0 N–H and O–H groups in total. The van der Waals surface area contributed by atoms with E-state index >= 15 is 0 Å². The molecule has 11 rings (SSSR count). The molecule has 0 unspecified atom stereocenters. The quantitative estimate of drug-likeness (QED) is 0.177. The standard InChI is InChI=1S/C50H38N2/c1-29(2)32-13-15-34-27-48-42(23-36(34)21-32)44-25-38(26-45-43-24-37-22-33(30(3)4)14-16-35(37)28-49(43)52(48)50(44)45)31-17-19-39(20-18-31)51-46-11-7-5-9-40(46)41-10-6-8-12-47(41)51/h5-30H,1-4H3. The minimum absolute atomic E-state index is 0.486. The van der Waals surface area contributed by atoms with E-state index in [4.69, 9.17) is 0 Å². The van der Waals surface area contributed by atoms with Gasteiger partial charge < -0.3 is 8.97 Å². The Hall–Kier alpha value is -6.12. The third kappa shape index (κ3) is 4.12. The van der Waals surface area contributed by atoms with Crippen LogP contribution in [-0.2, 0) is 0 Å². The van der Waals surface area contributed by atoms with Crippen LogP contribution in [0.1, 0.15) is 50.7 Å². The minimum atomic E-state index is 0.486. The Labute approximate surface area is 302 Å². The molecule has 2 heteroatoms. The van der Waals surface area contributed by atoms with E-state index in [1.807, 2.05) is 0 Å². The molecule has 0 aliphatic heterocycles. The van der Waals surface area contributed by atoms with Gasteiger partial charge in [0.25, 0.3) is 0 Å². The normalized spacial score (nSPS) is 12.6. The van der Waals surface area contributed by atoms with Gasteiger partial charge in [0.15, 0.2) is 0 Å². The molecule has 8 aromatic carbocycles. The van der Waals surface area contributed by atoms with Crippen molar-refractivity contribution in [3.63, 3.8) is 0 Å². The Morgan fingerprint density at radius 3 is 1.37 bits per heavy atom. The molecule has 0 amide bonds. The van der Waals surface area contributed by atoms with Gasteiger partial charge in [0, 0.05) is 38.0 Å². The summed E-state index contributed by atoms with van der Waals surface area (Å²) in [6.07, 6.45) is 0. The first-order valence-corrected chi connectivity index (χ1v) is 18.6. The topological polar surface area (TPSA) is 9.34 Å². The number of fused-ring (bicyclic) bond motifs is 11. The van der Waals surface area contributed by atoms with Crippen LogP contribution in [-0.4, -0.2) is 8.97 Å². The van der Waals surface area contributed by atoms with E-state index in [1.165, 1.54) is 109 Å². The number of rotatable bonds is 4. The summed E-state index contributed by atoms with van der Waals surface area (Å²) in [6.45, 7) is 9.11. The second-order valence-electron chi connectivity index (χ2n) is 15.4. The summed E-state index contributed by atoms with van der Waals surface area (Å²) < 4.78 is 4.93. The summed E-state index contributed by atoms with van der Waals surface area (Å²) in [5.41, 5.74) is 12.7. The zero-order valence-corrected chi connectivity index (χ0v) is 29.9. The lowest BCUT2D eigenvalue weighted by molar-refractivity contribution is 0.869. The Morgan fingerprint density at radius 1 is 0.365 bits per heavy atom. The molecule has 0 atom stereocenters. The molecule has 0 fully saturated rings. The number of benzene rings is 8. The molecule has 3 aromatic heterocycles. The highest BCUT2D eigenvalue weighted by atomic mass is 15.0. The van der Waals surface area contributed by atoms with Crippen molar-refractivity contribution in [1.29, 1.82) is 0 Å². The number of hydrogen-bond donors (Lipinski definition) is 0. The molecule has 3 heterocycles. The number of hydrogen-bond acceptors (Lipinski definition) is 0. The molecule has 0 saturated carbocycles. The van der Waals surface area contributed by atoms with Crippen LogP contribution in [0.4, 0.5) is 0 Å². The van der Waals surface area contributed by atoms with Crippen LogP contribution in [0.3, 0.4) is 0 Å². The molecule has 0 aliphatic carbocycles. The van der Waals surface area contributed by atoms with Crippen LogP contribution in [0.25, 0.3) is 98.3 Å². The molecule has 52 heavy (non-hydrogen) atoms. The molecule has 0 aliphatic rings. The maximum absolute atomic E-state index is 2.54. The third-order valence-corrected chi connectivity index (χ3v) is 11.7. The number of aromatic nitrogens is 2. The van der Waals surface area contributed by atoms with Gasteiger partial charge in [-0.15, -0.1) is 0 Å². The molecular formula is C50H38N2. The highest BCUT2D eigenvalue weighted by Crippen LogP contribution is 2.44. The van der Waals surface area contributed by atoms with Crippen LogP contribution in [0.2, 0.25) is 0 Å². The monoisotopic (exact) mass is 666 g/mol. The van der Waals surface area contributed by atoms with E-state index in [-0.39, 0.29) is 0 Å². The minimum Gasteiger partial charge on any atom is -0.309 e. The van der Waals surface area contributed by atoms with Gasteiger partial charge >= 0.3 is 0 Å². The van der Waals surface area contributed by atoms with Gasteiger partial charge in [0.1, 0.15) is 0 Å². The van der Waals surface area contributed by atoms with Gasteiger partial charge in [-0.3, -0.25) is 0 Å². The maximum atomic E-state index is 2.54. The fourth-order valence-electron chi connectivity index (χ4n) is 8.96. The van der Waals surface area contributed by atoms with Crippen LogP contribution in [0.15, 0.2) is 146 Å². The predicted molar refractivity (Wildman–Crippen MR) is 224 cm³/mol. The van der Waals surface area contributed by atoms with E-state index in [0.29, 0.717) is 11.8 Å². The van der Waals surface area contributed by atoms with Crippen LogP contribution in [0, 0.1) is 0 Å². The fraction of sp³-hybridized carbons (Fsp3) is 0.120. The number of nitrogens with zero attached hydrogens (tertiary/aromatic N) is 2. The highest BCUT2D eigenvalue weighted by Gasteiger charge is 2.21. The smallest absolute Gasteiger partial charge is 0.0620 e. The van der Waals surface area contributed by atoms with E-state index in [2.05, 4.69) is 182 Å². The average molecular weight is 667 g/mol. The van der Waals surface area contributed by atoms with Gasteiger partial charge in [-0.1, -0.05) is 113 Å². The molecule has 0 radical (unpaired) electrons. The van der Waals surface area contributed by atoms with Crippen LogP contribution < -0.4 is 0 Å². The number of para-hydroxylation sites is 2. The summed E-state index contributed by atoms with van der Waals surface area (Å²) in [5, 5.41) is 13.0. The van der Waals surface area contributed by atoms with Crippen molar-refractivity contribution in [3.8, 4) is 16.8 Å². The molecule has 0 spiro atoms. The summed E-state index contributed by atoms with van der Waals surface area (Å²) in [7, 11) is 0. The van der Waals surface area contributed by atoms with E-state index in [9.17, 15) is 0 Å². The van der Waals surface area contributed by atoms with Gasteiger partial charge in [-0.25, -0.2) is 0 Å². The summed E-state index contributed by atoms with van der Waals surface area (Å²) >= 11 is 0. The molecule has 0 saturated heterocycles. The van der Waals surface area contributed by atoms with E-state index < -0.39 is 0 Å². The zero-order valence-electron chi connectivity index (χ0n) is 29.9. The van der Waals surface area contributed by atoms with E-state index in [0.717, 1.165) is 0 Å². The highest BCUT2D eigenvalue weighted by molar-refractivity contribution is 6.27. The first-order chi connectivity index (χ1) is 25.4. The average Bonchev–Trinajstić information content (AvgIpc) is 3.79. The largest absolute Gasteiger partial charge is 0.309 e. The van der Waals surface area contributed by atoms with Crippen molar-refractivity contribution in [3.05, 3.63) is 157 Å². The predicted octanol–water partition coefficient (Wildman–Crippen LogP) is 14.2. The molecule has 2 nitrogen and oxygen atoms in total. The van der Waals surface area contributed by atoms with Gasteiger partial charge in [-0.05, 0) is 116 Å². The van der Waals surface area contributed by atoms with Crippen molar-refractivity contribution in [2.45, 2.75) is 39.5 Å². The van der Waals surface area contributed by atoms with Crippen molar-refractivity contribution >= 4 is 81.4 Å². The second kappa shape index (κ2) is 10.7. The van der Waals surface area contributed by atoms with Crippen LogP contribution in [0.5, 0.6) is 0 Å². The summed E-state index contributed by atoms with van der Waals surface area (Å²) in [6, 6.07) is 55.2. The SMILES string of the molecule is CC(C)c1ccc2cc3c(cc2c1)c1cc(-c2ccc(-n4c5ccccc5c5ccccc54)cc2)cc2c4cc5cc(C(C)C)ccc5cc4n3c12. The van der Waals surface area contributed by atoms with E-state index in [1.54, 1.807) is 0 Å². The van der Waals surface area contributed by atoms with Gasteiger partial charge in [-0.2, -0.15) is 0 Å². The molecule has 11 aromatic rings. The second-order valence-corrected chi connectivity index (χ2v) is 15.4. The van der Waals surface area contributed by atoms with Crippen molar-refractivity contribution in [1.82, 2.24) is 8.97 Å². The lowest BCUT2D eigenvalue weighted by Crippen LogP contribution is -1.93. The fourth-order valence-corrected chi connectivity index (χ4v) is 8.96. The zero-order chi connectivity index (χ0) is 34.8. The Kier molecular flexibility index (Phi) is 6.09. The Balaban J connectivity index is 1.18. The van der Waals surface area contributed by atoms with Crippen LogP contribution >= 0.6 is 0 Å². The first-order valence-electron chi connectivity index (χ1n) is 18.6. The maximum Gasteiger partial charge on any atom is 0.0620 e. The summed E-state index contributed by atoms with van der Waals surface area (Å²) in [5.74, 6) is 0.973. The Morgan fingerprint density at radius 2 is 0.865 bits per heavy atom. The lowest BCUT2D eigenvalue weighted by Gasteiger charge is -2.10. The lowest BCUT2D eigenvalue weighted by atomic mass is 9.95. The molecule has 0 bridgehead atoms. The van der Waals surface area contributed by atoms with Gasteiger partial charge in [0.2, 0.25) is 0 Å². The molecular weight excluding hydrogens is 629 g/mol. The van der Waals surface area contributed by atoms with Gasteiger partial charge in [0.05, 0.1) is 27.6 Å². The Bertz CT molecular complexity index is 3030. The summed E-state index contributed by atoms with van der Waals surface area (Å²) in [4.78, 5) is 0. The van der Waals surface area contributed by atoms with Crippen molar-refractivity contribution in [2.24, 2.45) is 0 Å².